The van der Waals surface area contributed by atoms with Crippen molar-refractivity contribution in [3.05, 3.63) is 0 Å². The molecule has 1 heterocycles. The SMILES string of the molecule is CC(C)CC1C[C@@](C)(O)CCO1. The van der Waals surface area contributed by atoms with Crippen molar-refractivity contribution in [1.29, 1.82) is 0 Å². The fourth-order valence-electron chi connectivity index (χ4n) is 1.77. The van der Waals surface area contributed by atoms with Crippen LogP contribution in [0, 0.1) is 5.92 Å². The van der Waals surface area contributed by atoms with Crippen molar-refractivity contribution < 1.29 is 9.84 Å². The number of hydrogen-bond donors (Lipinski definition) is 1. The van der Waals surface area contributed by atoms with Crippen molar-refractivity contribution in [1.82, 2.24) is 0 Å². The monoisotopic (exact) mass is 172 g/mol. The quantitative estimate of drug-likeness (QED) is 0.690. The third-order valence-electron chi connectivity index (χ3n) is 2.40. The summed E-state index contributed by atoms with van der Waals surface area (Å²) in [7, 11) is 0. The van der Waals surface area contributed by atoms with Crippen molar-refractivity contribution in [3.63, 3.8) is 0 Å². The minimum absolute atomic E-state index is 0.272. The molecule has 2 atom stereocenters. The fraction of sp³-hybridized carbons (Fsp3) is 1.00. The zero-order chi connectivity index (χ0) is 9.19. The second-order valence-corrected chi connectivity index (χ2v) is 4.57. The Balaban J connectivity index is 2.36. The first-order valence-electron chi connectivity index (χ1n) is 4.83. The van der Waals surface area contributed by atoms with Crippen LogP contribution in [0.25, 0.3) is 0 Å². The van der Waals surface area contributed by atoms with Gasteiger partial charge in [-0.05, 0) is 25.7 Å². The maximum Gasteiger partial charge on any atom is 0.0666 e. The third kappa shape index (κ3) is 3.11. The van der Waals surface area contributed by atoms with Crippen LogP contribution in [-0.4, -0.2) is 23.4 Å². The lowest BCUT2D eigenvalue weighted by molar-refractivity contribution is -0.0985. The molecule has 0 aromatic heterocycles. The number of hydrogen-bond acceptors (Lipinski definition) is 2. The Morgan fingerprint density at radius 1 is 1.58 bits per heavy atom. The highest BCUT2D eigenvalue weighted by Gasteiger charge is 2.30. The van der Waals surface area contributed by atoms with Crippen LogP contribution in [0.15, 0.2) is 0 Å². The van der Waals surface area contributed by atoms with Crippen molar-refractivity contribution >= 4 is 0 Å². The maximum absolute atomic E-state index is 9.78. The van der Waals surface area contributed by atoms with E-state index < -0.39 is 5.60 Å². The molecular formula is C10H20O2. The van der Waals surface area contributed by atoms with E-state index in [1.165, 1.54) is 0 Å². The Labute approximate surface area is 74.9 Å². The van der Waals surface area contributed by atoms with E-state index in [1.54, 1.807) is 0 Å². The molecule has 0 bridgehead atoms. The molecule has 0 spiro atoms. The summed E-state index contributed by atoms with van der Waals surface area (Å²) < 4.78 is 5.56. The van der Waals surface area contributed by atoms with E-state index in [2.05, 4.69) is 13.8 Å². The van der Waals surface area contributed by atoms with E-state index in [0.29, 0.717) is 12.5 Å². The minimum Gasteiger partial charge on any atom is -0.390 e. The highest BCUT2D eigenvalue weighted by atomic mass is 16.5. The van der Waals surface area contributed by atoms with Gasteiger partial charge in [0, 0.05) is 13.0 Å². The fourth-order valence-corrected chi connectivity index (χ4v) is 1.77. The average Bonchev–Trinajstić information content (AvgIpc) is 1.82. The highest BCUT2D eigenvalue weighted by molar-refractivity contribution is 4.81. The Bertz CT molecular complexity index is 141. The summed E-state index contributed by atoms with van der Waals surface area (Å²) in [6.07, 6.45) is 2.91. The van der Waals surface area contributed by atoms with Gasteiger partial charge < -0.3 is 9.84 Å². The number of rotatable bonds is 2. The lowest BCUT2D eigenvalue weighted by Crippen LogP contribution is -2.38. The van der Waals surface area contributed by atoms with E-state index in [1.807, 2.05) is 6.92 Å². The molecule has 2 heteroatoms. The molecule has 0 aromatic rings. The van der Waals surface area contributed by atoms with Gasteiger partial charge in [0.1, 0.15) is 0 Å². The van der Waals surface area contributed by atoms with Crippen LogP contribution in [0.5, 0.6) is 0 Å². The number of ether oxygens (including phenoxy) is 1. The van der Waals surface area contributed by atoms with Gasteiger partial charge >= 0.3 is 0 Å². The van der Waals surface area contributed by atoms with Crippen molar-refractivity contribution in [2.24, 2.45) is 5.92 Å². The summed E-state index contributed by atoms with van der Waals surface area (Å²) in [6, 6.07) is 0. The van der Waals surface area contributed by atoms with E-state index >= 15 is 0 Å². The van der Waals surface area contributed by atoms with Crippen LogP contribution in [0.3, 0.4) is 0 Å². The normalized spacial score (nSPS) is 37.2. The van der Waals surface area contributed by atoms with Crippen LogP contribution < -0.4 is 0 Å². The smallest absolute Gasteiger partial charge is 0.0666 e. The van der Waals surface area contributed by atoms with Gasteiger partial charge in [0.2, 0.25) is 0 Å². The predicted octanol–water partition coefficient (Wildman–Crippen LogP) is 1.96. The molecule has 12 heavy (non-hydrogen) atoms. The summed E-state index contributed by atoms with van der Waals surface area (Å²) in [5.41, 5.74) is -0.488. The van der Waals surface area contributed by atoms with Gasteiger partial charge in [0.15, 0.2) is 0 Å². The second-order valence-electron chi connectivity index (χ2n) is 4.57. The van der Waals surface area contributed by atoms with E-state index in [9.17, 15) is 5.11 Å². The zero-order valence-corrected chi connectivity index (χ0v) is 8.34. The van der Waals surface area contributed by atoms with Gasteiger partial charge in [0.05, 0.1) is 11.7 Å². The number of aliphatic hydroxyl groups is 1. The topological polar surface area (TPSA) is 29.5 Å². The zero-order valence-electron chi connectivity index (χ0n) is 8.34. The van der Waals surface area contributed by atoms with Crippen LogP contribution in [0.4, 0.5) is 0 Å². The van der Waals surface area contributed by atoms with Crippen LogP contribution in [0.1, 0.15) is 40.0 Å². The molecule has 0 saturated carbocycles. The lowest BCUT2D eigenvalue weighted by atomic mass is 9.89. The summed E-state index contributed by atoms with van der Waals surface area (Å²) >= 11 is 0. The Morgan fingerprint density at radius 3 is 2.75 bits per heavy atom. The van der Waals surface area contributed by atoms with Crippen LogP contribution in [-0.2, 0) is 4.74 Å². The largest absolute Gasteiger partial charge is 0.390 e. The first-order chi connectivity index (χ1) is 5.49. The predicted molar refractivity (Wildman–Crippen MR) is 49.1 cm³/mol. The van der Waals surface area contributed by atoms with Crippen molar-refractivity contribution in [3.8, 4) is 0 Å². The third-order valence-corrected chi connectivity index (χ3v) is 2.40. The van der Waals surface area contributed by atoms with E-state index in [0.717, 1.165) is 19.3 Å². The molecule has 1 N–H and O–H groups in total. The lowest BCUT2D eigenvalue weighted by Gasteiger charge is -2.34. The minimum atomic E-state index is -0.488. The highest BCUT2D eigenvalue weighted by Crippen LogP contribution is 2.27. The Kier molecular flexibility index (Phi) is 3.13. The summed E-state index contributed by atoms with van der Waals surface area (Å²) in [5, 5.41) is 9.78. The molecule has 72 valence electrons. The Hall–Kier alpha value is -0.0800. The molecule has 1 unspecified atom stereocenters. The van der Waals surface area contributed by atoms with E-state index in [-0.39, 0.29) is 6.10 Å². The maximum atomic E-state index is 9.78. The summed E-state index contributed by atoms with van der Waals surface area (Å²) in [4.78, 5) is 0. The van der Waals surface area contributed by atoms with Gasteiger partial charge in [-0.15, -0.1) is 0 Å². The van der Waals surface area contributed by atoms with E-state index in [4.69, 9.17) is 4.74 Å². The summed E-state index contributed by atoms with van der Waals surface area (Å²) in [6.45, 7) is 6.99. The molecule has 1 aliphatic rings. The molecule has 1 fully saturated rings. The molecule has 1 aliphatic heterocycles. The molecule has 1 saturated heterocycles. The van der Waals surface area contributed by atoms with Gasteiger partial charge in [0.25, 0.3) is 0 Å². The van der Waals surface area contributed by atoms with Crippen molar-refractivity contribution in [2.75, 3.05) is 6.61 Å². The molecule has 0 radical (unpaired) electrons. The van der Waals surface area contributed by atoms with Crippen LogP contribution in [0.2, 0.25) is 0 Å². The second kappa shape index (κ2) is 3.75. The molecule has 0 amide bonds. The molecule has 0 aliphatic carbocycles. The Morgan fingerprint density at radius 2 is 2.25 bits per heavy atom. The molecular weight excluding hydrogens is 152 g/mol. The molecule has 0 aromatic carbocycles. The van der Waals surface area contributed by atoms with Gasteiger partial charge in [-0.2, -0.15) is 0 Å². The first kappa shape index (κ1) is 10.0. The first-order valence-corrected chi connectivity index (χ1v) is 4.83. The molecule has 2 nitrogen and oxygen atoms in total. The average molecular weight is 172 g/mol. The van der Waals surface area contributed by atoms with Crippen molar-refractivity contribution in [2.45, 2.75) is 51.7 Å². The summed E-state index contributed by atoms with van der Waals surface area (Å²) in [5.74, 6) is 0.656. The van der Waals surface area contributed by atoms with Gasteiger partial charge in [-0.25, -0.2) is 0 Å². The standard InChI is InChI=1S/C10H20O2/c1-8(2)6-9-7-10(3,11)4-5-12-9/h8-9,11H,4-7H2,1-3H3/t9?,10-/m0/s1. The van der Waals surface area contributed by atoms with Gasteiger partial charge in [-0.3, -0.25) is 0 Å². The van der Waals surface area contributed by atoms with Crippen LogP contribution >= 0.6 is 0 Å². The van der Waals surface area contributed by atoms with Gasteiger partial charge in [-0.1, -0.05) is 13.8 Å². The molecule has 1 rings (SSSR count).